The van der Waals surface area contributed by atoms with Gasteiger partial charge in [-0.3, -0.25) is 9.69 Å². The van der Waals surface area contributed by atoms with E-state index in [1.54, 1.807) is 12.1 Å². The molecule has 1 unspecified atom stereocenters. The van der Waals surface area contributed by atoms with Gasteiger partial charge in [0.05, 0.1) is 25.9 Å². The van der Waals surface area contributed by atoms with Crippen molar-refractivity contribution in [3.8, 4) is 5.75 Å². The molecule has 0 spiro atoms. The van der Waals surface area contributed by atoms with E-state index in [2.05, 4.69) is 41.4 Å². The molecule has 1 atom stereocenters. The van der Waals surface area contributed by atoms with Crippen LogP contribution in [0.3, 0.4) is 0 Å². The van der Waals surface area contributed by atoms with Crippen molar-refractivity contribution in [2.75, 3.05) is 39.5 Å². The summed E-state index contributed by atoms with van der Waals surface area (Å²) < 4.78 is 10.9. The number of amides is 1. The lowest BCUT2D eigenvalue weighted by molar-refractivity contribution is 0.0162. The van der Waals surface area contributed by atoms with Crippen molar-refractivity contribution in [1.29, 1.82) is 0 Å². The van der Waals surface area contributed by atoms with E-state index in [1.165, 1.54) is 11.1 Å². The van der Waals surface area contributed by atoms with Gasteiger partial charge in [0, 0.05) is 25.2 Å². The van der Waals surface area contributed by atoms with Crippen LogP contribution >= 0.6 is 0 Å². The van der Waals surface area contributed by atoms with E-state index in [0.717, 1.165) is 32.1 Å². The highest BCUT2D eigenvalue weighted by Crippen LogP contribution is 2.22. The highest BCUT2D eigenvalue weighted by atomic mass is 16.5. The highest BCUT2D eigenvalue weighted by molar-refractivity contribution is 5.94. The van der Waals surface area contributed by atoms with Crippen molar-refractivity contribution >= 4 is 5.91 Å². The molecule has 2 aromatic rings. The standard InChI is InChI=1S/C22H28N2O3/c1-3-27-20-9-7-18(8-10-20)22(25)23-16-21(24-11-13-26-14-12-24)19-6-4-5-17(2)15-19/h4-10,15,21H,3,11-14,16H2,1-2H3,(H,23,25). The van der Waals surface area contributed by atoms with Gasteiger partial charge < -0.3 is 14.8 Å². The molecule has 27 heavy (non-hydrogen) atoms. The number of nitrogens with one attached hydrogen (secondary N) is 1. The Morgan fingerprint density at radius 1 is 1.19 bits per heavy atom. The molecule has 1 fully saturated rings. The first kappa shape index (κ1) is 19.4. The highest BCUT2D eigenvalue weighted by Gasteiger charge is 2.23. The van der Waals surface area contributed by atoms with Crippen LogP contribution in [-0.2, 0) is 4.74 Å². The molecule has 3 rings (SSSR count). The summed E-state index contributed by atoms with van der Waals surface area (Å²) in [6, 6.07) is 15.9. The second kappa shape index (κ2) is 9.53. The lowest BCUT2D eigenvalue weighted by Crippen LogP contribution is -2.43. The minimum Gasteiger partial charge on any atom is -0.494 e. The molecule has 1 aliphatic rings. The zero-order valence-corrected chi connectivity index (χ0v) is 16.1. The van der Waals surface area contributed by atoms with E-state index in [-0.39, 0.29) is 11.9 Å². The zero-order chi connectivity index (χ0) is 19.1. The van der Waals surface area contributed by atoms with Gasteiger partial charge in [0.1, 0.15) is 5.75 Å². The fourth-order valence-electron chi connectivity index (χ4n) is 3.38. The van der Waals surface area contributed by atoms with Crippen molar-refractivity contribution in [2.45, 2.75) is 19.9 Å². The average molecular weight is 368 g/mol. The van der Waals surface area contributed by atoms with Crippen molar-refractivity contribution < 1.29 is 14.3 Å². The molecule has 0 bridgehead atoms. The van der Waals surface area contributed by atoms with E-state index in [4.69, 9.17) is 9.47 Å². The van der Waals surface area contributed by atoms with Gasteiger partial charge in [0.25, 0.3) is 5.91 Å². The number of morpholine rings is 1. The van der Waals surface area contributed by atoms with Gasteiger partial charge in [0.2, 0.25) is 0 Å². The SMILES string of the molecule is CCOc1ccc(C(=O)NCC(c2cccc(C)c2)N2CCOCC2)cc1. The Labute approximate surface area is 161 Å². The Kier molecular flexibility index (Phi) is 6.85. The normalized spacial score (nSPS) is 15.9. The number of carbonyl (C=O) groups is 1. The van der Waals surface area contributed by atoms with Gasteiger partial charge in [-0.05, 0) is 43.7 Å². The number of nitrogens with zero attached hydrogens (tertiary/aromatic N) is 1. The van der Waals surface area contributed by atoms with Crippen LogP contribution in [0.15, 0.2) is 48.5 Å². The molecule has 5 heteroatoms. The zero-order valence-electron chi connectivity index (χ0n) is 16.1. The van der Waals surface area contributed by atoms with Gasteiger partial charge >= 0.3 is 0 Å². The lowest BCUT2D eigenvalue weighted by atomic mass is 10.0. The third-order valence-corrected chi connectivity index (χ3v) is 4.80. The number of rotatable bonds is 7. The minimum atomic E-state index is -0.0658. The van der Waals surface area contributed by atoms with Crippen LogP contribution in [0, 0.1) is 6.92 Å². The van der Waals surface area contributed by atoms with Gasteiger partial charge in [0.15, 0.2) is 0 Å². The first-order valence-corrected chi connectivity index (χ1v) is 9.57. The van der Waals surface area contributed by atoms with Gasteiger partial charge in [-0.15, -0.1) is 0 Å². The van der Waals surface area contributed by atoms with Gasteiger partial charge in [-0.2, -0.15) is 0 Å². The molecule has 0 aliphatic carbocycles. The maximum Gasteiger partial charge on any atom is 0.251 e. The van der Waals surface area contributed by atoms with Crippen LogP contribution in [0.5, 0.6) is 5.75 Å². The summed E-state index contributed by atoms with van der Waals surface area (Å²) in [4.78, 5) is 15.0. The molecule has 1 saturated heterocycles. The van der Waals surface area contributed by atoms with Crippen LogP contribution in [0.25, 0.3) is 0 Å². The van der Waals surface area contributed by atoms with Crippen molar-refractivity contribution in [2.24, 2.45) is 0 Å². The topological polar surface area (TPSA) is 50.8 Å². The average Bonchev–Trinajstić information content (AvgIpc) is 2.70. The number of ether oxygens (including phenoxy) is 2. The summed E-state index contributed by atoms with van der Waals surface area (Å²) in [5, 5.41) is 3.10. The number of benzene rings is 2. The Morgan fingerprint density at radius 3 is 2.59 bits per heavy atom. The molecule has 1 amide bonds. The maximum absolute atomic E-state index is 12.6. The smallest absolute Gasteiger partial charge is 0.251 e. The Hall–Kier alpha value is -2.37. The molecule has 0 radical (unpaired) electrons. The minimum absolute atomic E-state index is 0.0658. The van der Waals surface area contributed by atoms with E-state index in [0.29, 0.717) is 18.7 Å². The third kappa shape index (κ3) is 5.31. The molecule has 0 saturated carbocycles. The van der Waals surface area contributed by atoms with Gasteiger partial charge in [-0.1, -0.05) is 29.8 Å². The molecule has 0 aromatic heterocycles. The molecular weight excluding hydrogens is 340 g/mol. The molecule has 5 nitrogen and oxygen atoms in total. The second-order valence-electron chi connectivity index (χ2n) is 6.75. The third-order valence-electron chi connectivity index (χ3n) is 4.80. The monoisotopic (exact) mass is 368 g/mol. The quantitative estimate of drug-likeness (QED) is 0.815. The molecule has 2 aromatic carbocycles. The van der Waals surface area contributed by atoms with Gasteiger partial charge in [-0.25, -0.2) is 0 Å². The Morgan fingerprint density at radius 2 is 1.93 bits per heavy atom. The summed E-state index contributed by atoms with van der Waals surface area (Å²) in [5.41, 5.74) is 3.09. The maximum atomic E-state index is 12.6. The second-order valence-corrected chi connectivity index (χ2v) is 6.75. The first-order chi connectivity index (χ1) is 13.2. The number of carbonyl (C=O) groups excluding carboxylic acids is 1. The van der Waals surface area contributed by atoms with Crippen LogP contribution in [-0.4, -0.2) is 50.3 Å². The van der Waals surface area contributed by atoms with Crippen LogP contribution < -0.4 is 10.1 Å². The molecule has 144 valence electrons. The predicted octanol–water partition coefficient (Wildman–Crippen LogP) is 3.20. The predicted molar refractivity (Wildman–Crippen MR) is 106 cm³/mol. The fraction of sp³-hybridized carbons (Fsp3) is 0.409. The fourth-order valence-corrected chi connectivity index (χ4v) is 3.38. The van der Waals surface area contributed by atoms with E-state index in [9.17, 15) is 4.79 Å². The number of hydrogen-bond donors (Lipinski definition) is 1. The van der Waals surface area contributed by atoms with Crippen molar-refractivity contribution in [3.05, 3.63) is 65.2 Å². The van der Waals surface area contributed by atoms with E-state index >= 15 is 0 Å². The summed E-state index contributed by atoms with van der Waals surface area (Å²) in [6.45, 7) is 8.42. The van der Waals surface area contributed by atoms with Crippen molar-refractivity contribution in [1.82, 2.24) is 10.2 Å². The molecule has 1 aliphatic heterocycles. The summed E-state index contributed by atoms with van der Waals surface area (Å²) >= 11 is 0. The molecule has 1 heterocycles. The summed E-state index contributed by atoms with van der Waals surface area (Å²) in [7, 11) is 0. The van der Waals surface area contributed by atoms with Crippen LogP contribution in [0.2, 0.25) is 0 Å². The van der Waals surface area contributed by atoms with E-state index in [1.807, 2.05) is 19.1 Å². The lowest BCUT2D eigenvalue weighted by Gasteiger charge is -2.35. The summed E-state index contributed by atoms with van der Waals surface area (Å²) in [5.74, 6) is 0.712. The largest absolute Gasteiger partial charge is 0.494 e. The summed E-state index contributed by atoms with van der Waals surface area (Å²) in [6.07, 6.45) is 0. The Bertz CT molecular complexity index is 739. The molecule has 1 N–H and O–H groups in total. The van der Waals surface area contributed by atoms with Crippen LogP contribution in [0.1, 0.15) is 34.5 Å². The number of aryl methyl sites for hydroxylation is 1. The van der Waals surface area contributed by atoms with E-state index < -0.39 is 0 Å². The molecular formula is C22H28N2O3. The first-order valence-electron chi connectivity index (χ1n) is 9.57. The number of hydrogen-bond acceptors (Lipinski definition) is 4. The van der Waals surface area contributed by atoms with Crippen LogP contribution in [0.4, 0.5) is 0 Å². The van der Waals surface area contributed by atoms with Crippen molar-refractivity contribution in [3.63, 3.8) is 0 Å². The Balaban J connectivity index is 1.69.